The molecule has 1 N–H and O–H groups in total. The lowest BCUT2D eigenvalue weighted by Gasteiger charge is -2.11. The quantitative estimate of drug-likeness (QED) is 0.685. The minimum Gasteiger partial charge on any atom is -0.493 e. The second-order valence-corrected chi connectivity index (χ2v) is 6.04. The van der Waals surface area contributed by atoms with E-state index in [0.717, 1.165) is 16.5 Å². The first-order valence-corrected chi connectivity index (χ1v) is 8.43. The molecule has 5 nitrogen and oxygen atoms in total. The highest BCUT2D eigenvalue weighted by Crippen LogP contribution is 2.29. The predicted octanol–water partition coefficient (Wildman–Crippen LogP) is 3.76. The van der Waals surface area contributed by atoms with Crippen LogP contribution in [0.25, 0.3) is 10.9 Å². The van der Waals surface area contributed by atoms with Crippen LogP contribution in [0.3, 0.4) is 0 Å². The fourth-order valence-electron chi connectivity index (χ4n) is 3.00. The Bertz CT molecular complexity index is 954. The zero-order valence-corrected chi connectivity index (χ0v) is 15.0. The molecule has 2 aromatic carbocycles. The summed E-state index contributed by atoms with van der Waals surface area (Å²) in [6.45, 7) is -2.51. The fraction of sp³-hybridized carbons (Fsp3) is 0.250. The summed E-state index contributed by atoms with van der Waals surface area (Å²) in [5.41, 5.74) is 2.44. The van der Waals surface area contributed by atoms with E-state index in [9.17, 15) is 13.6 Å². The highest BCUT2D eigenvalue weighted by molar-refractivity contribution is 6.06. The highest BCUT2D eigenvalue weighted by Gasteiger charge is 2.14. The van der Waals surface area contributed by atoms with Gasteiger partial charge in [0, 0.05) is 30.7 Å². The third kappa shape index (κ3) is 4.19. The van der Waals surface area contributed by atoms with Crippen LogP contribution in [-0.2, 0) is 13.5 Å². The summed E-state index contributed by atoms with van der Waals surface area (Å²) in [6.07, 6.45) is 2.33. The van der Waals surface area contributed by atoms with Crippen LogP contribution in [0.5, 0.6) is 11.5 Å². The largest absolute Gasteiger partial charge is 0.493 e. The molecule has 0 aliphatic carbocycles. The van der Waals surface area contributed by atoms with E-state index in [1.807, 2.05) is 35.9 Å². The number of ether oxygens (including phenoxy) is 2. The van der Waals surface area contributed by atoms with Gasteiger partial charge in [0.1, 0.15) is 0 Å². The van der Waals surface area contributed by atoms with E-state index >= 15 is 0 Å². The van der Waals surface area contributed by atoms with Crippen LogP contribution in [-0.4, -0.2) is 30.7 Å². The van der Waals surface area contributed by atoms with Crippen LogP contribution in [0.15, 0.2) is 48.7 Å². The van der Waals surface area contributed by atoms with Gasteiger partial charge < -0.3 is 19.4 Å². The lowest BCUT2D eigenvalue weighted by Crippen LogP contribution is -2.25. The number of aromatic nitrogens is 1. The summed E-state index contributed by atoms with van der Waals surface area (Å²) in [4.78, 5) is 12.5. The molecule has 0 bridgehead atoms. The molecule has 1 aromatic heterocycles. The first-order valence-electron chi connectivity index (χ1n) is 8.43. The summed E-state index contributed by atoms with van der Waals surface area (Å²) in [5, 5.41) is 3.79. The topological polar surface area (TPSA) is 52.5 Å². The van der Waals surface area contributed by atoms with Crippen molar-refractivity contribution in [3.8, 4) is 11.5 Å². The van der Waals surface area contributed by atoms with Crippen LogP contribution in [0.1, 0.15) is 15.9 Å². The summed E-state index contributed by atoms with van der Waals surface area (Å²) in [5.74, 6) is 0.0561. The number of methoxy groups -OCH3 is 1. The summed E-state index contributed by atoms with van der Waals surface area (Å²) in [7, 11) is 3.29. The molecule has 3 aromatic rings. The normalized spacial score (nSPS) is 11.0. The van der Waals surface area contributed by atoms with E-state index in [4.69, 9.17) is 4.74 Å². The molecular weight excluding hydrogens is 354 g/mol. The Morgan fingerprint density at radius 2 is 1.96 bits per heavy atom. The number of nitrogens with one attached hydrogen (secondary N) is 1. The number of hydrogen-bond donors (Lipinski definition) is 1. The first kappa shape index (κ1) is 18.7. The van der Waals surface area contributed by atoms with Crippen molar-refractivity contribution < 1.29 is 23.0 Å². The van der Waals surface area contributed by atoms with Crippen molar-refractivity contribution in [1.29, 1.82) is 0 Å². The monoisotopic (exact) mass is 374 g/mol. The second-order valence-electron chi connectivity index (χ2n) is 6.04. The average Bonchev–Trinajstić information content (AvgIpc) is 2.99. The zero-order chi connectivity index (χ0) is 19.4. The molecule has 0 saturated carbocycles. The molecule has 0 spiro atoms. The molecule has 0 atom stereocenters. The van der Waals surface area contributed by atoms with Gasteiger partial charge in [-0.3, -0.25) is 4.79 Å². The number of benzene rings is 2. The molecule has 0 saturated heterocycles. The van der Waals surface area contributed by atoms with E-state index in [1.54, 1.807) is 18.3 Å². The Morgan fingerprint density at radius 3 is 2.70 bits per heavy atom. The van der Waals surface area contributed by atoms with E-state index < -0.39 is 6.61 Å². The van der Waals surface area contributed by atoms with Crippen molar-refractivity contribution in [2.75, 3.05) is 13.7 Å². The van der Waals surface area contributed by atoms with Crippen LogP contribution in [0, 0.1) is 0 Å². The Hall–Kier alpha value is -3.09. The van der Waals surface area contributed by atoms with Gasteiger partial charge in [-0.05, 0) is 30.2 Å². The molecule has 0 radical (unpaired) electrons. The number of amides is 1. The van der Waals surface area contributed by atoms with Crippen molar-refractivity contribution in [2.24, 2.45) is 7.05 Å². The molecule has 142 valence electrons. The number of aryl methyl sites for hydroxylation is 1. The third-order valence-corrected chi connectivity index (χ3v) is 4.28. The van der Waals surface area contributed by atoms with Gasteiger partial charge in [-0.1, -0.05) is 24.3 Å². The molecule has 0 unspecified atom stereocenters. The van der Waals surface area contributed by atoms with Gasteiger partial charge >= 0.3 is 6.61 Å². The Morgan fingerprint density at radius 1 is 1.19 bits per heavy atom. The van der Waals surface area contributed by atoms with Gasteiger partial charge in [0.05, 0.1) is 12.7 Å². The average molecular weight is 374 g/mol. The minimum atomic E-state index is -2.91. The predicted molar refractivity (Wildman–Crippen MR) is 98.6 cm³/mol. The van der Waals surface area contributed by atoms with E-state index in [2.05, 4.69) is 10.1 Å². The summed E-state index contributed by atoms with van der Waals surface area (Å²) < 4.78 is 36.2. The summed E-state index contributed by atoms with van der Waals surface area (Å²) >= 11 is 0. The van der Waals surface area contributed by atoms with Gasteiger partial charge in [-0.25, -0.2) is 0 Å². The molecule has 0 fully saturated rings. The smallest absolute Gasteiger partial charge is 0.387 e. The van der Waals surface area contributed by atoms with Gasteiger partial charge in [-0.2, -0.15) is 8.78 Å². The van der Waals surface area contributed by atoms with Gasteiger partial charge in [0.15, 0.2) is 11.5 Å². The number of para-hydroxylation sites is 1. The van der Waals surface area contributed by atoms with Crippen LogP contribution in [0.4, 0.5) is 8.78 Å². The standard InChI is InChI=1S/C20H20F2N2O3/c1-24-12-15(14-5-3-4-6-16(14)24)19(25)23-10-9-13-7-8-17(27-20(21)22)18(11-13)26-2/h3-8,11-12,20H,9-10H2,1-2H3,(H,23,25). The molecule has 1 heterocycles. The lowest BCUT2D eigenvalue weighted by molar-refractivity contribution is -0.0512. The molecule has 3 rings (SSSR count). The number of carbonyl (C=O) groups is 1. The van der Waals surface area contributed by atoms with Crippen LogP contribution < -0.4 is 14.8 Å². The Balaban J connectivity index is 1.64. The second kappa shape index (κ2) is 8.07. The minimum absolute atomic E-state index is 0.0176. The Labute approximate surface area is 155 Å². The number of hydrogen-bond acceptors (Lipinski definition) is 3. The molecular formula is C20H20F2N2O3. The highest BCUT2D eigenvalue weighted by atomic mass is 19.3. The van der Waals surface area contributed by atoms with Crippen molar-refractivity contribution in [3.63, 3.8) is 0 Å². The van der Waals surface area contributed by atoms with Gasteiger partial charge in [0.2, 0.25) is 0 Å². The number of rotatable bonds is 7. The third-order valence-electron chi connectivity index (χ3n) is 4.28. The van der Waals surface area contributed by atoms with Crippen molar-refractivity contribution in [1.82, 2.24) is 9.88 Å². The zero-order valence-electron chi connectivity index (χ0n) is 15.0. The maximum absolute atomic E-state index is 12.5. The van der Waals surface area contributed by atoms with E-state index in [0.29, 0.717) is 18.5 Å². The molecule has 7 heteroatoms. The van der Waals surface area contributed by atoms with Crippen molar-refractivity contribution in [3.05, 3.63) is 59.8 Å². The number of halogens is 2. The number of carbonyl (C=O) groups excluding carboxylic acids is 1. The Kier molecular flexibility index (Phi) is 5.59. The SMILES string of the molecule is COc1cc(CCNC(=O)c2cn(C)c3ccccc23)ccc1OC(F)F. The van der Waals surface area contributed by atoms with Crippen LogP contribution in [0.2, 0.25) is 0 Å². The molecule has 1 amide bonds. The number of nitrogens with zero attached hydrogens (tertiary/aromatic N) is 1. The fourth-order valence-corrected chi connectivity index (χ4v) is 3.00. The first-order chi connectivity index (χ1) is 13.0. The molecule has 0 aliphatic rings. The molecule has 0 aliphatic heterocycles. The van der Waals surface area contributed by atoms with Crippen molar-refractivity contribution in [2.45, 2.75) is 13.0 Å². The maximum Gasteiger partial charge on any atom is 0.387 e. The summed E-state index contributed by atoms with van der Waals surface area (Å²) in [6, 6.07) is 12.4. The van der Waals surface area contributed by atoms with Gasteiger partial charge in [0.25, 0.3) is 5.91 Å². The van der Waals surface area contributed by atoms with Crippen LogP contribution >= 0.6 is 0 Å². The molecule has 27 heavy (non-hydrogen) atoms. The number of fused-ring (bicyclic) bond motifs is 1. The van der Waals surface area contributed by atoms with Gasteiger partial charge in [-0.15, -0.1) is 0 Å². The number of alkyl halides is 2. The lowest BCUT2D eigenvalue weighted by atomic mass is 10.1. The maximum atomic E-state index is 12.5. The van der Waals surface area contributed by atoms with E-state index in [1.165, 1.54) is 13.2 Å². The van der Waals surface area contributed by atoms with Crippen molar-refractivity contribution >= 4 is 16.8 Å². The van der Waals surface area contributed by atoms with E-state index in [-0.39, 0.29) is 17.4 Å².